The molecule has 1 heterocycles. The van der Waals surface area contributed by atoms with Crippen LogP contribution in [0.4, 0.5) is 0 Å². The number of hydrogen-bond donors (Lipinski definition) is 1. The van der Waals surface area contributed by atoms with Crippen LogP contribution in [0.5, 0.6) is 5.88 Å². The van der Waals surface area contributed by atoms with Gasteiger partial charge >= 0.3 is 0 Å². The summed E-state index contributed by atoms with van der Waals surface area (Å²) in [6, 6.07) is 2.12. The Morgan fingerprint density at radius 1 is 1.56 bits per heavy atom. The molecule has 16 heavy (non-hydrogen) atoms. The summed E-state index contributed by atoms with van der Waals surface area (Å²) in [4.78, 5) is 8.25. The Balaban J connectivity index is 2.65. The van der Waals surface area contributed by atoms with E-state index in [2.05, 4.69) is 21.9 Å². The Labute approximate surface area is 96.8 Å². The van der Waals surface area contributed by atoms with E-state index in [9.17, 15) is 0 Å². The summed E-state index contributed by atoms with van der Waals surface area (Å²) >= 11 is 0. The molecule has 0 aliphatic heterocycles. The first-order valence-electron chi connectivity index (χ1n) is 5.46. The van der Waals surface area contributed by atoms with Crippen LogP contribution >= 0.6 is 0 Å². The highest BCUT2D eigenvalue weighted by Gasteiger charge is 2.11. The van der Waals surface area contributed by atoms with Gasteiger partial charge in [0, 0.05) is 12.1 Å². The Morgan fingerprint density at radius 3 is 3.00 bits per heavy atom. The molecule has 0 radical (unpaired) electrons. The van der Waals surface area contributed by atoms with Gasteiger partial charge in [0.25, 0.3) is 0 Å². The van der Waals surface area contributed by atoms with Crippen molar-refractivity contribution in [3.05, 3.63) is 30.7 Å². The maximum absolute atomic E-state index is 5.08. The van der Waals surface area contributed by atoms with Crippen molar-refractivity contribution in [2.45, 2.75) is 25.3 Å². The van der Waals surface area contributed by atoms with Gasteiger partial charge in [0.2, 0.25) is 5.88 Å². The van der Waals surface area contributed by atoms with Gasteiger partial charge in [-0.2, -0.15) is 0 Å². The molecule has 0 amide bonds. The molecule has 0 saturated carbocycles. The summed E-state index contributed by atoms with van der Waals surface area (Å²) in [6.07, 6.45) is 6.63. The maximum Gasteiger partial charge on any atom is 0.216 e. The minimum Gasteiger partial charge on any atom is -0.481 e. The van der Waals surface area contributed by atoms with E-state index in [1.165, 1.54) is 6.33 Å². The van der Waals surface area contributed by atoms with Crippen molar-refractivity contribution in [1.29, 1.82) is 0 Å². The zero-order chi connectivity index (χ0) is 11.8. The largest absolute Gasteiger partial charge is 0.481 e. The van der Waals surface area contributed by atoms with Crippen LogP contribution in [0, 0.1) is 0 Å². The smallest absolute Gasteiger partial charge is 0.216 e. The van der Waals surface area contributed by atoms with E-state index in [0.717, 1.165) is 25.0 Å². The van der Waals surface area contributed by atoms with Crippen LogP contribution in [-0.4, -0.2) is 24.1 Å². The summed E-state index contributed by atoms with van der Waals surface area (Å²) in [5, 5.41) is 3.25. The quantitative estimate of drug-likeness (QED) is 0.566. The van der Waals surface area contributed by atoms with E-state index in [-0.39, 0.29) is 6.04 Å². The number of unbranched alkanes of at least 4 members (excludes halogenated alkanes) is 1. The molecule has 0 aromatic carbocycles. The molecule has 0 saturated heterocycles. The molecule has 4 heteroatoms. The van der Waals surface area contributed by atoms with Gasteiger partial charge in [-0.15, -0.1) is 6.58 Å². The summed E-state index contributed by atoms with van der Waals surface area (Å²) in [5.74, 6) is 0.606. The second kappa shape index (κ2) is 6.95. The SMILES string of the molecule is C=CCCCC(NC)c1cc(OC)ncn1. The van der Waals surface area contributed by atoms with E-state index in [1.807, 2.05) is 19.2 Å². The van der Waals surface area contributed by atoms with E-state index in [1.54, 1.807) is 7.11 Å². The lowest BCUT2D eigenvalue weighted by atomic mass is 10.1. The van der Waals surface area contributed by atoms with Crippen LogP contribution in [-0.2, 0) is 0 Å². The zero-order valence-corrected chi connectivity index (χ0v) is 9.94. The molecule has 1 aromatic rings. The van der Waals surface area contributed by atoms with Gasteiger partial charge in [-0.25, -0.2) is 9.97 Å². The molecule has 0 fully saturated rings. The van der Waals surface area contributed by atoms with Crippen LogP contribution in [0.15, 0.2) is 25.0 Å². The lowest BCUT2D eigenvalue weighted by Crippen LogP contribution is -2.17. The standard InChI is InChI=1S/C12H19N3O/c1-4-5-6-7-10(13-2)11-8-12(16-3)15-9-14-11/h4,8-10,13H,1,5-7H2,2-3H3. The maximum atomic E-state index is 5.08. The van der Waals surface area contributed by atoms with E-state index < -0.39 is 0 Å². The predicted molar refractivity (Wildman–Crippen MR) is 64.4 cm³/mol. The highest BCUT2D eigenvalue weighted by Crippen LogP contribution is 2.19. The van der Waals surface area contributed by atoms with Crippen LogP contribution < -0.4 is 10.1 Å². The second-order valence-corrected chi connectivity index (χ2v) is 3.55. The molecule has 0 aliphatic carbocycles. The van der Waals surface area contributed by atoms with Crippen molar-refractivity contribution >= 4 is 0 Å². The van der Waals surface area contributed by atoms with E-state index >= 15 is 0 Å². The third-order valence-corrected chi connectivity index (χ3v) is 2.48. The second-order valence-electron chi connectivity index (χ2n) is 3.55. The Hall–Kier alpha value is -1.42. The van der Waals surface area contributed by atoms with E-state index in [0.29, 0.717) is 5.88 Å². The average molecular weight is 221 g/mol. The highest BCUT2D eigenvalue weighted by atomic mass is 16.5. The number of nitrogens with zero attached hydrogens (tertiary/aromatic N) is 2. The van der Waals surface area contributed by atoms with Gasteiger partial charge in [-0.1, -0.05) is 6.08 Å². The fraction of sp³-hybridized carbons (Fsp3) is 0.500. The van der Waals surface area contributed by atoms with Crippen molar-refractivity contribution in [3.8, 4) is 5.88 Å². The molecule has 1 unspecified atom stereocenters. The molecule has 1 N–H and O–H groups in total. The molecule has 1 aromatic heterocycles. The van der Waals surface area contributed by atoms with Crippen molar-refractivity contribution < 1.29 is 4.74 Å². The average Bonchev–Trinajstić information content (AvgIpc) is 2.35. The first-order valence-corrected chi connectivity index (χ1v) is 5.46. The summed E-state index contributed by atoms with van der Waals surface area (Å²) in [5.41, 5.74) is 0.971. The number of nitrogens with one attached hydrogen (secondary N) is 1. The monoisotopic (exact) mass is 221 g/mol. The number of methoxy groups -OCH3 is 1. The predicted octanol–water partition coefficient (Wildman–Crippen LogP) is 2.10. The third-order valence-electron chi connectivity index (χ3n) is 2.48. The van der Waals surface area contributed by atoms with Crippen molar-refractivity contribution in [2.75, 3.05) is 14.2 Å². The normalized spacial score (nSPS) is 12.1. The topological polar surface area (TPSA) is 47.0 Å². The van der Waals surface area contributed by atoms with Crippen LogP contribution in [0.3, 0.4) is 0 Å². The Morgan fingerprint density at radius 2 is 2.38 bits per heavy atom. The molecule has 4 nitrogen and oxygen atoms in total. The molecular formula is C12H19N3O. The third kappa shape index (κ3) is 3.62. The number of allylic oxidation sites excluding steroid dienone is 1. The summed E-state index contributed by atoms with van der Waals surface area (Å²) < 4.78 is 5.08. The van der Waals surface area contributed by atoms with Gasteiger partial charge < -0.3 is 10.1 Å². The minimum absolute atomic E-state index is 0.247. The van der Waals surface area contributed by atoms with Crippen molar-refractivity contribution in [2.24, 2.45) is 0 Å². The number of ether oxygens (including phenoxy) is 1. The fourth-order valence-electron chi connectivity index (χ4n) is 1.56. The van der Waals surface area contributed by atoms with Crippen molar-refractivity contribution in [1.82, 2.24) is 15.3 Å². The Kier molecular flexibility index (Phi) is 5.50. The first kappa shape index (κ1) is 12.6. The molecule has 0 bridgehead atoms. The summed E-state index contributed by atoms with van der Waals surface area (Å²) in [6.45, 7) is 3.72. The molecule has 1 atom stereocenters. The van der Waals surface area contributed by atoms with Crippen LogP contribution in [0.2, 0.25) is 0 Å². The number of rotatable bonds is 7. The lowest BCUT2D eigenvalue weighted by Gasteiger charge is -2.15. The van der Waals surface area contributed by atoms with Gasteiger partial charge in [0.05, 0.1) is 12.8 Å². The molecule has 0 aliphatic rings. The Bertz CT molecular complexity index is 328. The van der Waals surface area contributed by atoms with Crippen molar-refractivity contribution in [3.63, 3.8) is 0 Å². The van der Waals surface area contributed by atoms with Crippen LogP contribution in [0.1, 0.15) is 31.0 Å². The lowest BCUT2D eigenvalue weighted by molar-refractivity contribution is 0.393. The van der Waals surface area contributed by atoms with Crippen LogP contribution in [0.25, 0.3) is 0 Å². The van der Waals surface area contributed by atoms with Gasteiger partial charge in [0.15, 0.2) is 0 Å². The fourth-order valence-corrected chi connectivity index (χ4v) is 1.56. The zero-order valence-electron chi connectivity index (χ0n) is 9.94. The molecule has 1 rings (SSSR count). The molecule has 88 valence electrons. The minimum atomic E-state index is 0.247. The number of hydrogen-bond acceptors (Lipinski definition) is 4. The first-order chi connectivity index (χ1) is 7.81. The van der Waals surface area contributed by atoms with Gasteiger partial charge in [0.1, 0.15) is 6.33 Å². The highest BCUT2D eigenvalue weighted by molar-refractivity contribution is 5.16. The number of aromatic nitrogens is 2. The van der Waals surface area contributed by atoms with Gasteiger partial charge in [-0.05, 0) is 26.3 Å². The summed E-state index contributed by atoms with van der Waals surface area (Å²) in [7, 11) is 3.55. The van der Waals surface area contributed by atoms with Gasteiger partial charge in [-0.3, -0.25) is 0 Å². The molecular weight excluding hydrogens is 202 g/mol. The van der Waals surface area contributed by atoms with E-state index in [4.69, 9.17) is 4.74 Å². The molecule has 0 spiro atoms.